The molecule has 0 saturated heterocycles. The van der Waals surface area contributed by atoms with Gasteiger partial charge in [0, 0.05) is 13.6 Å². The largest absolute Gasteiger partial charge is 0.481 e. The van der Waals surface area contributed by atoms with Gasteiger partial charge in [-0.2, -0.15) is 0 Å². The van der Waals surface area contributed by atoms with Crippen molar-refractivity contribution >= 4 is 27.9 Å². The fourth-order valence-electron chi connectivity index (χ4n) is 2.63. The first-order chi connectivity index (χ1) is 14.5. The van der Waals surface area contributed by atoms with Gasteiger partial charge < -0.3 is 19.1 Å². The summed E-state index contributed by atoms with van der Waals surface area (Å²) in [5.41, 5.74) is 0.559. The maximum atomic E-state index is 12.6. The Hall–Kier alpha value is -2.66. The van der Waals surface area contributed by atoms with Crippen LogP contribution in [0.5, 0.6) is 5.75 Å². The molecule has 0 aliphatic rings. The first-order valence-corrected chi connectivity index (χ1v) is 11.7. The molecule has 0 saturated carbocycles. The van der Waals surface area contributed by atoms with Crippen LogP contribution in [-0.2, 0) is 35.5 Å². The summed E-state index contributed by atoms with van der Waals surface area (Å²) in [5, 5.41) is 0. The van der Waals surface area contributed by atoms with Gasteiger partial charge in [-0.15, -0.1) is 0 Å². The summed E-state index contributed by atoms with van der Waals surface area (Å²) < 4.78 is 41.1. The van der Waals surface area contributed by atoms with Crippen LogP contribution in [-0.4, -0.2) is 76.9 Å². The molecule has 0 aliphatic carbocycles. The predicted octanol–water partition coefficient (Wildman–Crippen LogP) is 0.744. The molecule has 1 unspecified atom stereocenters. The average molecular weight is 459 g/mol. The van der Waals surface area contributed by atoms with Crippen molar-refractivity contribution in [3.05, 3.63) is 29.3 Å². The van der Waals surface area contributed by atoms with Crippen LogP contribution >= 0.6 is 0 Å². The molecule has 1 N–H and O–H groups in total. The Morgan fingerprint density at radius 1 is 1.10 bits per heavy atom. The van der Waals surface area contributed by atoms with Gasteiger partial charge in [0.15, 0.2) is 6.61 Å². The molecule has 1 aromatic rings. The second-order valence-corrected chi connectivity index (χ2v) is 8.42. The average Bonchev–Trinajstić information content (AvgIpc) is 2.70. The van der Waals surface area contributed by atoms with Gasteiger partial charge >= 0.3 is 11.9 Å². The molecule has 0 aliphatic heterocycles. The number of amides is 1. The third-order valence-electron chi connectivity index (χ3n) is 4.13. The zero-order valence-electron chi connectivity index (χ0n) is 18.5. The van der Waals surface area contributed by atoms with Gasteiger partial charge in [-0.3, -0.25) is 4.79 Å². The zero-order valence-corrected chi connectivity index (χ0v) is 19.3. The number of rotatable bonds is 12. The highest BCUT2D eigenvalue weighted by Gasteiger charge is 2.26. The molecule has 1 amide bonds. The van der Waals surface area contributed by atoms with Crippen molar-refractivity contribution in [2.45, 2.75) is 33.2 Å². The van der Waals surface area contributed by atoms with Crippen LogP contribution in [0.1, 0.15) is 36.7 Å². The molecule has 174 valence electrons. The summed E-state index contributed by atoms with van der Waals surface area (Å²) in [7, 11) is -2.10. The predicted molar refractivity (Wildman–Crippen MR) is 113 cm³/mol. The number of ether oxygens (including phenoxy) is 3. The molecule has 11 heteroatoms. The molecular weight excluding hydrogens is 428 g/mol. The van der Waals surface area contributed by atoms with Gasteiger partial charge in [0.25, 0.3) is 0 Å². The highest BCUT2D eigenvalue weighted by molar-refractivity contribution is 7.88. The molecule has 0 radical (unpaired) electrons. The molecule has 1 rings (SSSR count). The number of hydrogen-bond acceptors (Lipinski definition) is 8. The van der Waals surface area contributed by atoms with E-state index in [4.69, 9.17) is 14.2 Å². The molecule has 1 aromatic carbocycles. The number of nitrogens with zero attached hydrogens (tertiary/aromatic N) is 1. The summed E-state index contributed by atoms with van der Waals surface area (Å²) in [6.07, 6.45) is 0.969. The Labute approximate surface area is 182 Å². The lowest BCUT2D eigenvalue weighted by Gasteiger charge is -2.23. The van der Waals surface area contributed by atoms with Crippen LogP contribution in [0, 0.1) is 0 Å². The standard InChI is InChI=1S/C20H30N2O8S/c1-6-22(4)19(24)16(21-31(5,26)27)12-14-9-10-17(30-13-18(23)28-7-2)15(11-14)20(25)29-8-3/h9-11,16,21H,6-8,12-13H2,1-5H3. The Kier molecular flexibility index (Phi) is 10.4. The monoisotopic (exact) mass is 458 g/mol. The maximum Gasteiger partial charge on any atom is 0.344 e. The third kappa shape index (κ3) is 8.93. The Balaban J connectivity index is 3.21. The van der Waals surface area contributed by atoms with E-state index in [0.29, 0.717) is 12.1 Å². The quantitative estimate of drug-likeness (QED) is 0.454. The lowest BCUT2D eigenvalue weighted by Crippen LogP contribution is -2.48. The summed E-state index contributed by atoms with van der Waals surface area (Å²) >= 11 is 0. The molecule has 0 fully saturated rings. The normalized spacial score (nSPS) is 12.0. The summed E-state index contributed by atoms with van der Waals surface area (Å²) in [5.74, 6) is -1.56. The van der Waals surface area contributed by atoms with Gasteiger partial charge in [-0.05, 0) is 44.9 Å². The van der Waals surface area contributed by atoms with Gasteiger partial charge in [0.2, 0.25) is 15.9 Å². The molecule has 0 heterocycles. The van der Waals surface area contributed by atoms with Crippen molar-refractivity contribution in [3.8, 4) is 5.75 Å². The van der Waals surface area contributed by atoms with Crippen LogP contribution in [0.4, 0.5) is 0 Å². The molecule has 0 bridgehead atoms. The van der Waals surface area contributed by atoms with Crippen LogP contribution in [0.2, 0.25) is 0 Å². The van der Waals surface area contributed by atoms with Crippen LogP contribution in [0.3, 0.4) is 0 Å². The van der Waals surface area contributed by atoms with Gasteiger partial charge in [0.1, 0.15) is 17.4 Å². The third-order valence-corrected chi connectivity index (χ3v) is 4.85. The van der Waals surface area contributed by atoms with Crippen molar-refractivity contribution in [3.63, 3.8) is 0 Å². The van der Waals surface area contributed by atoms with Gasteiger partial charge in [-0.1, -0.05) is 6.07 Å². The van der Waals surface area contributed by atoms with Crippen LogP contribution in [0.15, 0.2) is 18.2 Å². The van der Waals surface area contributed by atoms with E-state index in [1.54, 1.807) is 33.9 Å². The van der Waals surface area contributed by atoms with Crippen molar-refractivity contribution in [2.75, 3.05) is 39.7 Å². The number of hydrogen-bond donors (Lipinski definition) is 1. The number of carbonyl (C=O) groups is 3. The van der Waals surface area contributed by atoms with Crippen LogP contribution in [0.25, 0.3) is 0 Å². The fourth-order valence-corrected chi connectivity index (χ4v) is 3.33. The highest BCUT2D eigenvalue weighted by atomic mass is 32.2. The number of sulfonamides is 1. The fraction of sp³-hybridized carbons (Fsp3) is 0.550. The van der Waals surface area contributed by atoms with E-state index >= 15 is 0 Å². The summed E-state index contributed by atoms with van der Waals surface area (Å²) in [6, 6.07) is 3.45. The van der Waals surface area contributed by atoms with Gasteiger partial charge in [-0.25, -0.2) is 22.7 Å². The van der Waals surface area contributed by atoms with Crippen LogP contribution < -0.4 is 9.46 Å². The number of benzene rings is 1. The first-order valence-electron chi connectivity index (χ1n) is 9.83. The summed E-state index contributed by atoms with van der Waals surface area (Å²) in [6.45, 7) is 5.40. The Morgan fingerprint density at radius 2 is 1.74 bits per heavy atom. The van der Waals surface area contributed by atoms with E-state index in [1.807, 2.05) is 0 Å². The first kappa shape index (κ1) is 26.4. The topological polar surface area (TPSA) is 128 Å². The Morgan fingerprint density at radius 3 is 2.29 bits per heavy atom. The summed E-state index contributed by atoms with van der Waals surface area (Å²) in [4.78, 5) is 38.0. The number of likely N-dealkylation sites (N-methyl/N-ethyl adjacent to an activating group) is 1. The lowest BCUT2D eigenvalue weighted by molar-refractivity contribution is -0.145. The van der Waals surface area contributed by atoms with Gasteiger partial charge in [0.05, 0.1) is 19.5 Å². The number of carbonyl (C=O) groups excluding carboxylic acids is 3. The molecule has 0 spiro atoms. The smallest absolute Gasteiger partial charge is 0.344 e. The Bertz CT molecular complexity index is 885. The SMILES string of the molecule is CCOC(=O)COc1ccc(CC(NS(C)(=O)=O)C(=O)N(C)CC)cc1C(=O)OCC. The molecular formula is C20H30N2O8S. The minimum Gasteiger partial charge on any atom is -0.481 e. The maximum absolute atomic E-state index is 12.6. The minimum absolute atomic E-state index is 0.000798. The van der Waals surface area contributed by atoms with Crippen molar-refractivity contribution in [1.82, 2.24) is 9.62 Å². The van der Waals surface area contributed by atoms with E-state index in [9.17, 15) is 22.8 Å². The van der Waals surface area contributed by atoms with E-state index in [2.05, 4.69) is 4.72 Å². The molecule has 0 aromatic heterocycles. The molecule has 1 atom stereocenters. The van der Waals surface area contributed by atoms with E-state index in [0.717, 1.165) is 6.26 Å². The van der Waals surface area contributed by atoms with E-state index < -0.39 is 40.5 Å². The van der Waals surface area contributed by atoms with Crippen molar-refractivity contribution < 1.29 is 37.0 Å². The van der Waals surface area contributed by atoms with Crippen molar-refractivity contribution in [1.29, 1.82) is 0 Å². The second-order valence-electron chi connectivity index (χ2n) is 6.64. The molecule has 10 nitrogen and oxygen atoms in total. The highest BCUT2D eigenvalue weighted by Crippen LogP contribution is 2.23. The van der Waals surface area contributed by atoms with Crippen molar-refractivity contribution in [2.24, 2.45) is 0 Å². The number of nitrogens with one attached hydrogen (secondary N) is 1. The van der Waals surface area contributed by atoms with E-state index in [1.165, 1.54) is 17.0 Å². The lowest BCUT2D eigenvalue weighted by atomic mass is 10.0. The number of esters is 2. The van der Waals surface area contributed by atoms with E-state index in [-0.39, 0.29) is 30.9 Å². The zero-order chi connectivity index (χ0) is 23.6. The second kappa shape index (κ2) is 12.3. The minimum atomic E-state index is -3.66. The molecule has 31 heavy (non-hydrogen) atoms.